The van der Waals surface area contributed by atoms with Crippen molar-refractivity contribution in [1.82, 2.24) is 0 Å². The summed E-state index contributed by atoms with van der Waals surface area (Å²) in [6, 6.07) is 0. The fourth-order valence-corrected chi connectivity index (χ4v) is 2.49. The van der Waals surface area contributed by atoms with E-state index < -0.39 is 0 Å². The Morgan fingerprint density at radius 1 is 1.38 bits per heavy atom. The molecule has 0 N–H and O–H groups in total. The molecule has 0 heterocycles. The largest absolute Gasteiger partial charge is 0.373 e. The van der Waals surface area contributed by atoms with Crippen LogP contribution in [0.1, 0.15) is 19.8 Å². The Morgan fingerprint density at radius 3 is 2.88 bits per heavy atom. The lowest BCUT2D eigenvalue weighted by molar-refractivity contribution is 0.0533. The van der Waals surface area contributed by atoms with E-state index in [0.29, 0.717) is 18.6 Å². The second kappa shape index (κ2) is 5.31. The number of ether oxygens (including phenoxy) is 1. The van der Waals surface area contributed by atoms with Gasteiger partial charge >= 0.3 is 0 Å². The second-order valence-electron chi connectivity index (χ2n) is 4.67. The molecule has 2 rings (SSSR count). The zero-order chi connectivity index (χ0) is 11.4. The third-order valence-electron chi connectivity index (χ3n) is 3.34. The SMILES string of the molecule is C=C(/C=C\C=C/C)COC1CC2C=CC1C2. The van der Waals surface area contributed by atoms with Crippen molar-refractivity contribution in [3.05, 3.63) is 48.6 Å². The van der Waals surface area contributed by atoms with Crippen molar-refractivity contribution in [2.45, 2.75) is 25.9 Å². The van der Waals surface area contributed by atoms with Gasteiger partial charge in [-0.25, -0.2) is 0 Å². The summed E-state index contributed by atoms with van der Waals surface area (Å²) in [7, 11) is 0. The van der Waals surface area contributed by atoms with Crippen molar-refractivity contribution in [3.63, 3.8) is 0 Å². The van der Waals surface area contributed by atoms with E-state index in [2.05, 4.69) is 18.7 Å². The van der Waals surface area contributed by atoms with Crippen LogP contribution in [0.2, 0.25) is 0 Å². The molecule has 2 aliphatic carbocycles. The Balaban J connectivity index is 1.72. The van der Waals surface area contributed by atoms with Crippen LogP contribution in [-0.4, -0.2) is 12.7 Å². The Morgan fingerprint density at radius 2 is 2.25 bits per heavy atom. The Labute approximate surface area is 98.2 Å². The van der Waals surface area contributed by atoms with Gasteiger partial charge in [0.1, 0.15) is 0 Å². The Kier molecular flexibility index (Phi) is 3.79. The topological polar surface area (TPSA) is 9.23 Å². The third-order valence-corrected chi connectivity index (χ3v) is 3.34. The van der Waals surface area contributed by atoms with Crippen LogP contribution in [0.5, 0.6) is 0 Å². The maximum atomic E-state index is 5.90. The van der Waals surface area contributed by atoms with Gasteiger partial charge in [0.05, 0.1) is 12.7 Å². The van der Waals surface area contributed by atoms with E-state index in [9.17, 15) is 0 Å². The third kappa shape index (κ3) is 2.73. The van der Waals surface area contributed by atoms with Crippen molar-refractivity contribution >= 4 is 0 Å². The highest BCUT2D eigenvalue weighted by Crippen LogP contribution is 2.40. The van der Waals surface area contributed by atoms with Gasteiger partial charge in [-0.05, 0) is 31.3 Å². The maximum absolute atomic E-state index is 5.90. The molecule has 1 fully saturated rings. The van der Waals surface area contributed by atoms with Crippen molar-refractivity contribution in [3.8, 4) is 0 Å². The average molecular weight is 216 g/mol. The molecule has 16 heavy (non-hydrogen) atoms. The maximum Gasteiger partial charge on any atom is 0.0715 e. The van der Waals surface area contributed by atoms with Gasteiger partial charge in [0.2, 0.25) is 0 Å². The van der Waals surface area contributed by atoms with E-state index in [-0.39, 0.29) is 0 Å². The molecule has 1 nitrogen and oxygen atoms in total. The molecular weight excluding hydrogens is 196 g/mol. The number of allylic oxidation sites excluding steroid dienone is 4. The van der Waals surface area contributed by atoms with E-state index in [1.165, 1.54) is 12.8 Å². The minimum Gasteiger partial charge on any atom is -0.373 e. The summed E-state index contributed by atoms with van der Waals surface area (Å²) >= 11 is 0. The predicted molar refractivity (Wildman–Crippen MR) is 68.2 cm³/mol. The Hall–Kier alpha value is -1.08. The predicted octanol–water partition coefficient (Wildman–Crippen LogP) is 3.66. The molecule has 0 aromatic heterocycles. The van der Waals surface area contributed by atoms with Gasteiger partial charge in [0.25, 0.3) is 0 Å². The molecular formula is C15H20O. The highest BCUT2D eigenvalue weighted by molar-refractivity contribution is 5.19. The number of hydrogen-bond acceptors (Lipinski definition) is 1. The summed E-state index contributed by atoms with van der Waals surface area (Å²) in [6.07, 6.45) is 15.6. The van der Waals surface area contributed by atoms with E-state index in [4.69, 9.17) is 4.74 Å². The zero-order valence-corrected chi connectivity index (χ0v) is 9.93. The Bertz CT molecular complexity index is 335. The molecule has 2 bridgehead atoms. The van der Waals surface area contributed by atoms with Gasteiger partial charge in [-0.2, -0.15) is 0 Å². The summed E-state index contributed by atoms with van der Waals surface area (Å²) in [4.78, 5) is 0. The summed E-state index contributed by atoms with van der Waals surface area (Å²) in [5.41, 5.74) is 1.05. The van der Waals surface area contributed by atoms with E-state index in [1.54, 1.807) is 0 Å². The average Bonchev–Trinajstić information content (AvgIpc) is 2.88. The van der Waals surface area contributed by atoms with Gasteiger partial charge in [-0.3, -0.25) is 0 Å². The van der Waals surface area contributed by atoms with Crippen LogP contribution in [-0.2, 0) is 4.74 Å². The van der Waals surface area contributed by atoms with Crippen molar-refractivity contribution in [2.24, 2.45) is 11.8 Å². The molecule has 0 aliphatic heterocycles. The standard InChI is InChI=1S/C15H20O/c1-3-4-5-6-12(2)11-16-15-10-13-7-8-14(15)9-13/h3-8,13-15H,2,9-11H2,1H3/b4-3-,6-5-. The first-order valence-corrected chi connectivity index (χ1v) is 6.06. The summed E-state index contributed by atoms with van der Waals surface area (Å²) < 4.78 is 5.90. The molecule has 0 radical (unpaired) electrons. The molecule has 0 aromatic carbocycles. The fraction of sp³-hybridized carbons (Fsp3) is 0.467. The molecule has 2 aliphatic rings. The van der Waals surface area contributed by atoms with Gasteiger partial charge in [-0.1, -0.05) is 43.0 Å². The molecule has 1 saturated carbocycles. The first-order valence-electron chi connectivity index (χ1n) is 6.06. The molecule has 3 atom stereocenters. The second-order valence-corrected chi connectivity index (χ2v) is 4.67. The lowest BCUT2D eigenvalue weighted by atomic mass is 10.0. The van der Waals surface area contributed by atoms with Crippen LogP contribution < -0.4 is 0 Å². The molecule has 0 spiro atoms. The molecule has 1 heteroatoms. The smallest absolute Gasteiger partial charge is 0.0715 e. The highest BCUT2D eigenvalue weighted by atomic mass is 16.5. The highest BCUT2D eigenvalue weighted by Gasteiger charge is 2.36. The van der Waals surface area contributed by atoms with Crippen LogP contribution >= 0.6 is 0 Å². The minimum atomic E-state index is 0.432. The van der Waals surface area contributed by atoms with E-state index in [1.807, 2.05) is 31.2 Å². The molecule has 86 valence electrons. The number of fused-ring (bicyclic) bond motifs is 2. The summed E-state index contributed by atoms with van der Waals surface area (Å²) in [5, 5.41) is 0. The lowest BCUT2D eigenvalue weighted by Crippen LogP contribution is -2.18. The molecule has 0 saturated heterocycles. The van der Waals surface area contributed by atoms with Gasteiger partial charge in [0.15, 0.2) is 0 Å². The van der Waals surface area contributed by atoms with E-state index >= 15 is 0 Å². The van der Waals surface area contributed by atoms with Crippen molar-refractivity contribution in [2.75, 3.05) is 6.61 Å². The fourth-order valence-electron chi connectivity index (χ4n) is 2.49. The summed E-state index contributed by atoms with van der Waals surface area (Å²) in [5.74, 6) is 1.44. The first-order chi connectivity index (χ1) is 7.79. The first kappa shape index (κ1) is 11.4. The molecule has 0 aromatic rings. The quantitative estimate of drug-likeness (QED) is 0.503. The zero-order valence-electron chi connectivity index (χ0n) is 9.93. The van der Waals surface area contributed by atoms with Gasteiger partial charge in [-0.15, -0.1) is 0 Å². The van der Waals surface area contributed by atoms with Crippen LogP contribution in [0.15, 0.2) is 48.6 Å². The minimum absolute atomic E-state index is 0.432. The van der Waals surface area contributed by atoms with Crippen molar-refractivity contribution < 1.29 is 4.74 Å². The lowest BCUT2D eigenvalue weighted by Gasteiger charge is -2.18. The van der Waals surface area contributed by atoms with Crippen LogP contribution in [0.25, 0.3) is 0 Å². The number of rotatable bonds is 5. The van der Waals surface area contributed by atoms with Crippen LogP contribution in [0.4, 0.5) is 0 Å². The van der Waals surface area contributed by atoms with Gasteiger partial charge < -0.3 is 4.74 Å². The van der Waals surface area contributed by atoms with E-state index in [0.717, 1.165) is 11.5 Å². The van der Waals surface area contributed by atoms with Crippen LogP contribution in [0, 0.1) is 11.8 Å². The van der Waals surface area contributed by atoms with Crippen LogP contribution in [0.3, 0.4) is 0 Å². The molecule has 0 amide bonds. The molecule has 3 unspecified atom stereocenters. The monoisotopic (exact) mass is 216 g/mol. The number of hydrogen-bond donors (Lipinski definition) is 0. The normalized spacial score (nSPS) is 32.2. The van der Waals surface area contributed by atoms with Gasteiger partial charge in [0, 0.05) is 5.92 Å². The van der Waals surface area contributed by atoms with Crippen molar-refractivity contribution in [1.29, 1.82) is 0 Å². The summed E-state index contributed by atoms with van der Waals surface area (Å²) in [6.45, 7) is 6.65.